The molecule has 0 unspecified atom stereocenters. The summed E-state index contributed by atoms with van der Waals surface area (Å²) in [6, 6.07) is 0. The van der Waals surface area contributed by atoms with E-state index in [4.69, 9.17) is 0 Å². The summed E-state index contributed by atoms with van der Waals surface area (Å²) in [4.78, 5) is 0. The standard InChI is InChI=1S/C26H46O2/c1-16(2)6-7-17(3)20-8-9-21-24-22(11-13-26(20,21)5)25(4)12-10-19(27)14-18(25)15-23(24)28/h16-24,27-28H,6-15H2,1-5H3/t17-,18+,19-,20-,21+,22+,23-,24+,25+,26-/m1/s1. The molecule has 10 atom stereocenters. The Morgan fingerprint density at radius 1 is 0.821 bits per heavy atom. The lowest BCUT2D eigenvalue weighted by Gasteiger charge is -2.62. The molecule has 4 aliphatic rings. The monoisotopic (exact) mass is 390 g/mol. The molecule has 0 radical (unpaired) electrons. The highest BCUT2D eigenvalue weighted by atomic mass is 16.3. The van der Waals surface area contributed by atoms with Crippen LogP contribution in [0.3, 0.4) is 0 Å². The minimum atomic E-state index is -0.136. The van der Waals surface area contributed by atoms with Gasteiger partial charge in [0.15, 0.2) is 0 Å². The second-order valence-corrected chi connectivity index (χ2v) is 12.4. The van der Waals surface area contributed by atoms with Crippen molar-refractivity contribution in [1.29, 1.82) is 0 Å². The predicted molar refractivity (Wildman–Crippen MR) is 116 cm³/mol. The van der Waals surface area contributed by atoms with Crippen molar-refractivity contribution in [3.63, 3.8) is 0 Å². The van der Waals surface area contributed by atoms with Gasteiger partial charge in [0, 0.05) is 0 Å². The van der Waals surface area contributed by atoms with Gasteiger partial charge in [0.2, 0.25) is 0 Å². The normalized spacial score (nSPS) is 52.1. The summed E-state index contributed by atoms with van der Waals surface area (Å²) in [5, 5.41) is 21.6. The lowest BCUT2D eigenvalue weighted by atomic mass is 9.43. The maximum absolute atomic E-state index is 11.3. The van der Waals surface area contributed by atoms with Crippen LogP contribution in [0.1, 0.15) is 98.8 Å². The summed E-state index contributed by atoms with van der Waals surface area (Å²) < 4.78 is 0. The van der Waals surface area contributed by atoms with Crippen molar-refractivity contribution in [1.82, 2.24) is 0 Å². The molecule has 162 valence electrons. The maximum atomic E-state index is 11.3. The average molecular weight is 391 g/mol. The van der Waals surface area contributed by atoms with Gasteiger partial charge in [0.05, 0.1) is 12.2 Å². The van der Waals surface area contributed by atoms with E-state index in [0.717, 1.165) is 42.9 Å². The fourth-order valence-corrected chi connectivity index (χ4v) is 8.97. The van der Waals surface area contributed by atoms with Crippen LogP contribution in [-0.4, -0.2) is 22.4 Å². The van der Waals surface area contributed by atoms with Crippen LogP contribution in [0, 0.1) is 52.3 Å². The number of aliphatic hydroxyl groups is 2. The molecule has 4 aliphatic carbocycles. The van der Waals surface area contributed by atoms with Gasteiger partial charge < -0.3 is 10.2 Å². The van der Waals surface area contributed by atoms with Gasteiger partial charge in [0.25, 0.3) is 0 Å². The molecule has 2 N–H and O–H groups in total. The van der Waals surface area contributed by atoms with E-state index >= 15 is 0 Å². The van der Waals surface area contributed by atoms with Crippen molar-refractivity contribution >= 4 is 0 Å². The summed E-state index contributed by atoms with van der Waals surface area (Å²) in [7, 11) is 0. The summed E-state index contributed by atoms with van der Waals surface area (Å²) in [6.45, 7) is 12.3. The van der Waals surface area contributed by atoms with E-state index in [0.29, 0.717) is 28.6 Å². The molecular weight excluding hydrogens is 344 g/mol. The van der Waals surface area contributed by atoms with Crippen molar-refractivity contribution in [2.45, 2.75) is 111 Å². The number of rotatable bonds is 4. The van der Waals surface area contributed by atoms with E-state index in [9.17, 15) is 10.2 Å². The van der Waals surface area contributed by atoms with Crippen LogP contribution in [0.5, 0.6) is 0 Å². The second-order valence-electron chi connectivity index (χ2n) is 12.4. The van der Waals surface area contributed by atoms with Crippen molar-refractivity contribution in [3.8, 4) is 0 Å². The quantitative estimate of drug-likeness (QED) is 0.613. The molecule has 0 spiro atoms. The molecule has 0 amide bonds. The zero-order valence-electron chi connectivity index (χ0n) is 19.2. The Kier molecular flexibility index (Phi) is 5.71. The molecule has 4 saturated carbocycles. The van der Waals surface area contributed by atoms with Gasteiger partial charge in [-0.3, -0.25) is 0 Å². The Morgan fingerprint density at radius 2 is 1.50 bits per heavy atom. The SMILES string of the molecule is CC(C)CC[C@@H](C)[C@H]1CC[C@H]2[C@@H]3[C@H](O)C[C@@H]4C[C@H](O)CC[C@]4(C)[C@H]3CC[C@]12C. The molecule has 2 nitrogen and oxygen atoms in total. The molecule has 4 fully saturated rings. The van der Waals surface area contributed by atoms with Gasteiger partial charge in [-0.1, -0.05) is 47.5 Å². The lowest BCUT2D eigenvalue weighted by molar-refractivity contribution is -0.174. The Hall–Kier alpha value is -0.0800. The predicted octanol–water partition coefficient (Wildman–Crippen LogP) is 6.05. The zero-order valence-corrected chi connectivity index (χ0v) is 19.2. The summed E-state index contributed by atoms with van der Waals surface area (Å²) >= 11 is 0. The molecule has 0 saturated heterocycles. The molecule has 2 heteroatoms. The van der Waals surface area contributed by atoms with Crippen LogP contribution >= 0.6 is 0 Å². The average Bonchev–Trinajstić information content (AvgIpc) is 2.98. The van der Waals surface area contributed by atoms with Gasteiger partial charge in [-0.05, 0) is 104 Å². The number of aliphatic hydroxyl groups excluding tert-OH is 2. The highest BCUT2D eigenvalue weighted by Gasteiger charge is 2.62. The Bertz CT molecular complexity index is 559. The van der Waals surface area contributed by atoms with E-state index < -0.39 is 0 Å². The first-order chi connectivity index (χ1) is 13.2. The van der Waals surface area contributed by atoms with Gasteiger partial charge in [-0.15, -0.1) is 0 Å². The first-order valence-corrected chi connectivity index (χ1v) is 12.5. The zero-order chi connectivity index (χ0) is 20.3. The van der Waals surface area contributed by atoms with Crippen LogP contribution in [0.2, 0.25) is 0 Å². The number of hydrogen-bond acceptors (Lipinski definition) is 2. The topological polar surface area (TPSA) is 40.5 Å². The molecule has 0 aromatic heterocycles. The third kappa shape index (κ3) is 3.29. The molecule has 0 aromatic carbocycles. The van der Waals surface area contributed by atoms with Gasteiger partial charge >= 0.3 is 0 Å². The summed E-state index contributed by atoms with van der Waals surface area (Å²) in [5.74, 6) is 4.92. The van der Waals surface area contributed by atoms with E-state index in [1.165, 1.54) is 44.9 Å². The third-order valence-electron chi connectivity index (χ3n) is 10.6. The Balaban J connectivity index is 1.55. The van der Waals surface area contributed by atoms with Crippen molar-refractivity contribution < 1.29 is 10.2 Å². The first-order valence-electron chi connectivity index (χ1n) is 12.5. The van der Waals surface area contributed by atoms with Crippen LogP contribution in [0.4, 0.5) is 0 Å². The molecular formula is C26H46O2. The highest BCUT2D eigenvalue weighted by Crippen LogP contribution is 2.68. The van der Waals surface area contributed by atoms with Crippen LogP contribution in [-0.2, 0) is 0 Å². The molecule has 0 heterocycles. The van der Waals surface area contributed by atoms with Crippen molar-refractivity contribution in [3.05, 3.63) is 0 Å². The molecule has 0 aromatic rings. The summed E-state index contributed by atoms with van der Waals surface area (Å²) in [5.41, 5.74) is 0.793. The minimum Gasteiger partial charge on any atom is -0.393 e. The minimum absolute atomic E-state index is 0.131. The molecule has 28 heavy (non-hydrogen) atoms. The lowest BCUT2D eigenvalue weighted by Crippen LogP contribution is -2.58. The van der Waals surface area contributed by atoms with Crippen LogP contribution in [0.25, 0.3) is 0 Å². The van der Waals surface area contributed by atoms with Gasteiger partial charge in [0.1, 0.15) is 0 Å². The van der Waals surface area contributed by atoms with Crippen molar-refractivity contribution in [2.75, 3.05) is 0 Å². The molecule has 0 aliphatic heterocycles. The maximum Gasteiger partial charge on any atom is 0.0577 e. The van der Waals surface area contributed by atoms with Crippen LogP contribution < -0.4 is 0 Å². The Labute approximate surface area is 173 Å². The van der Waals surface area contributed by atoms with Crippen molar-refractivity contribution in [2.24, 2.45) is 52.3 Å². The largest absolute Gasteiger partial charge is 0.393 e. The van der Waals surface area contributed by atoms with Crippen LogP contribution in [0.15, 0.2) is 0 Å². The smallest absolute Gasteiger partial charge is 0.0577 e. The Morgan fingerprint density at radius 3 is 2.21 bits per heavy atom. The number of fused-ring (bicyclic) bond motifs is 5. The first kappa shape index (κ1) is 21.2. The number of hydrogen-bond donors (Lipinski definition) is 2. The van der Waals surface area contributed by atoms with E-state index in [1.807, 2.05) is 0 Å². The third-order valence-corrected chi connectivity index (χ3v) is 10.6. The fraction of sp³-hybridized carbons (Fsp3) is 1.00. The van der Waals surface area contributed by atoms with Gasteiger partial charge in [-0.25, -0.2) is 0 Å². The van der Waals surface area contributed by atoms with E-state index in [2.05, 4.69) is 34.6 Å². The fourth-order valence-electron chi connectivity index (χ4n) is 8.97. The highest BCUT2D eigenvalue weighted by molar-refractivity contribution is 5.11. The second kappa shape index (κ2) is 7.56. The molecule has 0 bridgehead atoms. The van der Waals surface area contributed by atoms with Gasteiger partial charge in [-0.2, -0.15) is 0 Å². The molecule has 4 rings (SSSR count). The van der Waals surface area contributed by atoms with E-state index in [1.54, 1.807) is 0 Å². The summed E-state index contributed by atoms with van der Waals surface area (Å²) in [6.07, 6.45) is 11.9. The van der Waals surface area contributed by atoms with E-state index in [-0.39, 0.29) is 12.2 Å².